The Morgan fingerprint density at radius 2 is 1.74 bits per heavy atom. The van der Waals surface area contributed by atoms with E-state index in [1.54, 1.807) is 37.6 Å². The molecule has 3 heteroatoms. The maximum Gasteiger partial charge on any atom is 0.187 e. The van der Waals surface area contributed by atoms with Gasteiger partial charge in [-0.2, -0.15) is 0 Å². The Morgan fingerprint density at radius 3 is 2.37 bits per heavy atom. The second-order valence-corrected chi connectivity index (χ2v) is 3.94. The van der Waals surface area contributed by atoms with Gasteiger partial charge in [0.25, 0.3) is 0 Å². The number of ether oxygens (including phenoxy) is 1. The standard InChI is InChI=1S/C16H15NO2/c1-19-15-9-7-13(8-10-15)16(18)11-12-17-14-5-3-2-4-6-14/h2-12,17H,1H3/b12-11-. The van der Waals surface area contributed by atoms with Crippen LogP contribution >= 0.6 is 0 Å². The highest BCUT2D eigenvalue weighted by Crippen LogP contribution is 2.12. The third-order valence-corrected chi connectivity index (χ3v) is 2.63. The Balaban J connectivity index is 1.96. The van der Waals surface area contributed by atoms with Gasteiger partial charge in [0, 0.05) is 23.5 Å². The number of carbonyl (C=O) groups is 1. The van der Waals surface area contributed by atoms with Crippen molar-refractivity contribution >= 4 is 11.5 Å². The van der Waals surface area contributed by atoms with E-state index in [2.05, 4.69) is 5.32 Å². The first-order valence-corrected chi connectivity index (χ1v) is 5.96. The van der Waals surface area contributed by atoms with E-state index < -0.39 is 0 Å². The normalized spacial score (nSPS) is 10.4. The quantitative estimate of drug-likeness (QED) is 0.654. The molecule has 0 bridgehead atoms. The molecule has 0 aliphatic heterocycles. The molecular formula is C16H15NO2. The lowest BCUT2D eigenvalue weighted by Crippen LogP contribution is -1.96. The van der Waals surface area contributed by atoms with Gasteiger partial charge in [0.15, 0.2) is 5.78 Å². The van der Waals surface area contributed by atoms with E-state index in [1.807, 2.05) is 30.3 Å². The summed E-state index contributed by atoms with van der Waals surface area (Å²) in [4.78, 5) is 11.9. The van der Waals surface area contributed by atoms with Crippen molar-refractivity contribution in [2.24, 2.45) is 0 Å². The highest BCUT2D eigenvalue weighted by Gasteiger charge is 2.01. The topological polar surface area (TPSA) is 38.3 Å². The van der Waals surface area contributed by atoms with Gasteiger partial charge in [-0.05, 0) is 36.4 Å². The molecule has 0 fully saturated rings. The molecule has 0 aliphatic carbocycles. The number of hydrogen-bond donors (Lipinski definition) is 1. The average molecular weight is 253 g/mol. The fourth-order valence-corrected chi connectivity index (χ4v) is 1.60. The summed E-state index contributed by atoms with van der Waals surface area (Å²) >= 11 is 0. The zero-order valence-electron chi connectivity index (χ0n) is 10.7. The molecule has 2 aromatic rings. The highest BCUT2D eigenvalue weighted by molar-refractivity contribution is 6.04. The minimum Gasteiger partial charge on any atom is -0.497 e. The Kier molecular flexibility index (Phi) is 4.34. The van der Waals surface area contributed by atoms with E-state index in [-0.39, 0.29) is 5.78 Å². The summed E-state index contributed by atoms with van der Waals surface area (Å²) in [6.07, 6.45) is 3.15. The van der Waals surface area contributed by atoms with Gasteiger partial charge in [-0.25, -0.2) is 0 Å². The van der Waals surface area contributed by atoms with Crippen LogP contribution in [0.5, 0.6) is 5.75 Å². The third-order valence-electron chi connectivity index (χ3n) is 2.63. The molecule has 3 nitrogen and oxygen atoms in total. The molecule has 2 rings (SSSR count). The number of para-hydroxylation sites is 1. The molecule has 19 heavy (non-hydrogen) atoms. The molecule has 2 aromatic carbocycles. The summed E-state index contributed by atoms with van der Waals surface area (Å²) in [5.74, 6) is 0.689. The number of methoxy groups -OCH3 is 1. The van der Waals surface area contributed by atoms with Crippen LogP contribution in [0.3, 0.4) is 0 Å². The molecule has 0 saturated heterocycles. The molecule has 0 aliphatic rings. The van der Waals surface area contributed by atoms with Crippen molar-refractivity contribution in [3.63, 3.8) is 0 Å². The number of benzene rings is 2. The van der Waals surface area contributed by atoms with Crippen LogP contribution in [0.2, 0.25) is 0 Å². The Bertz CT molecular complexity index is 559. The fourth-order valence-electron chi connectivity index (χ4n) is 1.60. The van der Waals surface area contributed by atoms with E-state index in [0.717, 1.165) is 11.4 Å². The molecule has 0 aromatic heterocycles. The second-order valence-electron chi connectivity index (χ2n) is 3.94. The maximum absolute atomic E-state index is 11.9. The largest absolute Gasteiger partial charge is 0.497 e. The first kappa shape index (κ1) is 12.9. The number of anilines is 1. The van der Waals surface area contributed by atoms with Crippen LogP contribution in [0.1, 0.15) is 10.4 Å². The zero-order chi connectivity index (χ0) is 13.5. The lowest BCUT2D eigenvalue weighted by molar-refractivity contribution is 0.104. The van der Waals surface area contributed by atoms with Crippen LogP contribution in [-0.4, -0.2) is 12.9 Å². The molecule has 0 unspecified atom stereocenters. The number of rotatable bonds is 5. The van der Waals surface area contributed by atoms with Crippen molar-refractivity contribution in [2.75, 3.05) is 12.4 Å². The van der Waals surface area contributed by atoms with Gasteiger partial charge < -0.3 is 10.1 Å². The van der Waals surface area contributed by atoms with Gasteiger partial charge >= 0.3 is 0 Å². The predicted molar refractivity (Wildman–Crippen MR) is 76.5 cm³/mol. The number of carbonyl (C=O) groups excluding carboxylic acids is 1. The summed E-state index contributed by atoms with van der Waals surface area (Å²) in [5, 5.41) is 3.04. The van der Waals surface area contributed by atoms with Crippen LogP contribution in [-0.2, 0) is 0 Å². The first-order chi connectivity index (χ1) is 9.29. The summed E-state index contributed by atoms with van der Waals surface area (Å²) in [6.45, 7) is 0. The van der Waals surface area contributed by atoms with Crippen molar-refractivity contribution in [2.45, 2.75) is 0 Å². The van der Waals surface area contributed by atoms with Crippen LogP contribution in [0.4, 0.5) is 5.69 Å². The van der Waals surface area contributed by atoms with Crippen molar-refractivity contribution in [1.29, 1.82) is 0 Å². The predicted octanol–water partition coefficient (Wildman–Crippen LogP) is 3.50. The molecule has 1 N–H and O–H groups in total. The minimum absolute atomic E-state index is 0.0499. The molecule has 96 valence electrons. The molecule has 0 spiro atoms. The smallest absolute Gasteiger partial charge is 0.187 e. The van der Waals surface area contributed by atoms with Gasteiger partial charge in [-0.1, -0.05) is 18.2 Å². The van der Waals surface area contributed by atoms with E-state index in [1.165, 1.54) is 6.08 Å². The van der Waals surface area contributed by atoms with E-state index in [4.69, 9.17) is 4.74 Å². The van der Waals surface area contributed by atoms with Crippen LogP contribution in [0.25, 0.3) is 0 Å². The molecular weight excluding hydrogens is 238 g/mol. The number of nitrogens with one attached hydrogen (secondary N) is 1. The SMILES string of the molecule is COc1ccc(C(=O)/C=C\Nc2ccccc2)cc1. The Labute approximate surface area is 112 Å². The van der Waals surface area contributed by atoms with Crippen LogP contribution < -0.4 is 10.1 Å². The molecule has 0 radical (unpaired) electrons. The van der Waals surface area contributed by atoms with Gasteiger partial charge in [0.05, 0.1) is 7.11 Å². The van der Waals surface area contributed by atoms with Gasteiger partial charge in [-0.15, -0.1) is 0 Å². The van der Waals surface area contributed by atoms with Crippen molar-refractivity contribution in [3.8, 4) is 5.75 Å². The van der Waals surface area contributed by atoms with Crippen molar-refractivity contribution in [1.82, 2.24) is 0 Å². The molecule has 0 amide bonds. The zero-order valence-corrected chi connectivity index (χ0v) is 10.7. The fraction of sp³-hybridized carbons (Fsp3) is 0.0625. The van der Waals surface area contributed by atoms with Crippen molar-refractivity contribution < 1.29 is 9.53 Å². The Hall–Kier alpha value is -2.55. The third kappa shape index (κ3) is 3.71. The Morgan fingerprint density at radius 1 is 1.05 bits per heavy atom. The van der Waals surface area contributed by atoms with Gasteiger partial charge in [-0.3, -0.25) is 4.79 Å². The first-order valence-electron chi connectivity index (χ1n) is 5.96. The summed E-state index contributed by atoms with van der Waals surface area (Å²) in [5.41, 5.74) is 1.58. The molecule has 0 atom stereocenters. The van der Waals surface area contributed by atoms with E-state index in [0.29, 0.717) is 5.56 Å². The number of hydrogen-bond acceptors (Lipinski definition) is 3. The van der Waals surface area contributed by atoms with Gasteiger partial charge in [0.2, 0.25) is 0 Å². The maximum atomic E-state index is 11.9. The lowest BCUT2D eigenvalue weighted by Gasteiger charge is -2.01. The highest BCUT2D eigenvalue weighted by atomic mass is 16.5. The second kappa shape index (κ2) is 6.40. The van der Waals surface area contributed by atoms with Crippen LogP contribution in [0.15, 0.2) is 66.9 Å². The van der Waals surface area contributed by atoms with Crippen LogP contribution in [0, 0.1) is 0 Å². The molecule has 0 saturated carbocycles. The summed E-state index contributed by atoms with van der Waals surface area (Å²) in [7, 11) is 1.60. The van der Waals surface area contributed by atoms with E-state index >= 15 is 0 Å². The van der Waals surface area contributed by atoms with E-state index in [9.17, 15) is 4.79 Å². The monoisotopic (exact) mass is 253 g/mol. The molecule has 0 heterocycles. The lowest BCUT2D eigenvalue weighted by atomic mass is 10.1. The summed E-state index contributed by atoms with van der Waals surface area (Å²) < 4.78 is 5.05. The average Bonchev–Trinajstić information content (AvgIpc) is 2.48. The minimum atomic E-state index is -0.0499. The number of allylic oxidation sites excluding steroid dienone is 1. The summed E-state index contributed by atoms with van der Waals surface area (Å²) in [6, 6.07) is 16.7. The van der Waals surface area contributed by atoms with Gasteiger partial charge in [0.1, 0.15) is 5.75 Å². The number of ketones is 1. The van der Waals surface area contributed by atoms with Crippen molar-refractivity contribution in [3.05, 3.63) is 72.4 Å².